The number of hydrogen-bond donors (Lipinski definition) is 0. The van der Waals surface area contributed by atoms with Gasteiger partial charge in [-0.1, -0.05) is 46.3 Å². The highest BCUT2D eigenvalue weighted by Gasteiger charge is 2.34. The minimum Gasteiger partial charge on any atom is -0.323 e. The van der Waals surface area contributed by atoms with Gasteiger partial charge in [-0.25, -0.2) is 0 Å². The predicted octanol–water partition coefficient (Wildman–Crippen LogP) is 5.48. The molecule has 0 aliphatic carbocycles. The van der Waals surface area contributed by atoms with E-state index in [1.165, 1.54) is 4.90 Å². The molecule has 1 aromatic heterocycles. The summed E-state index contributed by atoms with van der Waals surface area (Å²) >= 11 is 4.37. The van der Waals surface area contributed by atoms with Crippen LogP contribution in [0.3, 0.4) is 0 Å². The first-order valence-electron chi connectivity index (χ1n) is 8.33. The van der Waals surface area contributed by atoms with Crippen LogP contribution in [-0.2, 0) is 11.3 Å². The molecule has 4 rings (SSSR count). The maximum Gasteiger partial charge on any atom is 0.293 e. The Morgan fingerprint density at radius 3 is 2.44 bits per heavy atom. The molecule has 6 heteroatoms. The lowest BCUT2D eigenvalue weighted by atomic mass is 10.2. The van der Waals surface area contributed by atoms with Gasteiger partial charge in [-0.15, -0.1) is 0 Å². The molecule has 0 spiro atoms. The van der Waals surface area contributed by atoms with Crippen molar-refractivity contribution in [1.82, 2.24) is 9.47 Å². The molecule has 0 atom stereocenters. The van der Waals surface area contributed by atoms with E-state index in [0.717, 1.165) is 33.0 Å². The van der Waals surface area contributed by atoms with E-state index in [0.29, 0.717) is 4.91 Å². The van der Waals surface area contributed by atoms with Gasteiger partial charge in [0.2, 0.25) is 0 Å². The monoisotopic (exact) mass is 438 g/mol. The first-order chi connectivity index (χ1) is 13.1. The van der Waals surface area contributed by atoms with Crippen LogP contribution < -0.4 is 0 Å². The summed E-state index contributed by atoms with van der Waals surface area (Å²) in [6, 6.07) is 19.5. The topological polar surface area (TPSA) is 42.3 Å². The molecule has 0 saturated carbocycles. The number of halogens is 1. The van der Waals surface area contributed by atoms with Gasteiger partial charge >= 0.3 is 0 Å². The summed E-state index contributed by atoms with van der Waals surface area (Å²) in [4.78, 5) is 26.7. The lowest BCUT2D eigenvalue weighted by Gasteiger charge is -2.12. The molecule has 134 valence electrons. The maximum absolute atomic E-state index is 12.7. The van der Waals surface area contributed by atoms with E-state index in [-0.39, 0.29) is 17.7 Å². The zero-order valence-electron chi connectivity index (χ0n) is 14.2. The predicted molar refractivity (Wildman–Crippen MR) is 111 cm³/mol. The number of rotatable bonds is 4. The molecule has 2 aromatic carbocycles. The third-order valence-electron chi connectivity index (χ3n) is 4.20. The summed E-state index contributed by atoms with van der Waals surface area (Å²) in [6.45, 7) is 0.278. The third-order valence-corrected chi connectivity index (χ3v) is 5.63. The molecule has 1 fully saturated rings. The molecule has 1 aliphatic heterocycles. The normalized spacial score (nSPS) is 15.7. The van der Waals surface area contributed by atoms with Gasteiger partial charge in [-0.2, -0.15) is 0 Å². The molecule has 1 saturated heterocycles. The maximum atomic E-state index is 12.7. The smallest absolute Gasteiger partial charge is 0.293 e. The average Bonchev–Trinajstić information content (AvgIpc) is 3.25. The minimum absolute atomic E-state index is 0.239. The van der Waals surface area contributed by atoms with Crippen LogP contribution in [0.2, 0.25) is 0 Å². The number of nitrogens with zero attached hydrogens (tertiary/aromatic N) is 2. The van der Waals surface area contributed by atoms with Crippen molar-refractivity contribution in [3.05, 3.63) is 93.6 Å². The third kappa shape index (κ3) is 3.91. The Hall–Kier alpha value is -2.57. The van der Waals surface area contributed by atoms with Crippen LogP contribution in [0.5, 0.6) is 0 Å². The summed E-state index contributed by atoms with van der Waals surface area (Å²) in [5, 5.41) is -0.239. The van der Waals surface area contributed by atoms with Gasteiger partial charge in [0.1, 0.15) is 0 Å². The Morgan fingerprint density at radius 1 is 0.963 bits per heavy atom. The van der Waals surface area contributed by atoms with E-state index in [1.54, 1.807) is 6.08 Å². The van der Waals surface area contributed by atoms with Crippen molar-refractivity contribution >= 4 is 44.9 Å². The summed E-state index contributed by atoms with van der Waals surface area (Å²) in [5.41, 5.74) is 2.84. The van der Waals surface area contributed by atoms with Crippen molar-refractivity contribution in [2.24, 2.45) is 0 Å². The number of hydrogen-bond acceptors (Lipinski definition) is 3. The summed E-state index contributed by atoms with van der Waals surface area (Å²) in [6.07, 6.45) is 5.65. The zero-order valence-corrected chi connectivity index (χ0v) is 16.6. The molecule has 27 heavy (non-hydrogen) atoms. The highest BCUT2D eigenvalue weighted by molar-refractivity contribution is 9.10. The Bertz CT molecular complexity index is 1030. The molecule has 0 unspecified atom stereocenters. The molecule has 2 heterocycles. The van der Waals surface area contributed by atoms with Gasteiger partial charge < -0.3 is 4.57 Å². The van der Waals surface area contributed by atoms with Gasteiger partial charge in [0.25, 0.3) is 11.1 Å². The first-order valence-corrected chi connectivity index (χ1v) is 9.94. The minimum atomic E-state index is -0.250. The number of imide groups is 1. The Balaban J connectivity index is 1.53. The van der Waals surface area contributed by atoms with Crippen molar-refractivity contribution in [2.75, 3.05) is 0 Å². The Labute approximate surface area is 169 Å². The second-order valence-electron chi connectivity index (χ2n) is 6.08. The first kappa shape index (κ1) is 17.8. The largest absolute Gasteiger partial charge is 0.323 e. The molecule has 4 nitrogen and oxygen atoms in total. The van der Waals surface area contributed by atoms with Crippen molar-refractivity contribution in [3.63, 3.8) is 0 Å². The second-order valence-corrected chi connectivity index (χ2v) is 7.99. The lowest BCUT2D eigenvalue weighted by Crippen LogP contribution is -2.27. The quantitative estimate of drug-likeness (QED) is 0.506. The van der Waals surface area contributed by atoms with Crippen LogP contribution in [0.25, 0.3) is 11.8 Å². The number of para-hydroxylation sites is 1. The van der Waals surface area contributed by atoms with Gasteiger partial charge in [0, 0.05) is 22.6 Å². The van der Waals surface area contributed by atoms with E-state index >= 15 is 0 Å². The van der Waals surface area contributed by atoms with Crippen LogP contribution in [0.1, 0.15) is 11.1 Å². The van der Waals surface area contributed by atoms with E-state index < -0.39 is 0 Å². The number of aromatic nitrogens is 1. The van der Waals surface area contributed by atoms with E-state index in [9.17, 15) is 9.59 Å². The second kappa shape index (κ2) is 7.58. The van der Waals surface area contributed by atoms with Crippen molar-refractivity contribution < 1.29 is 9.59 Å². The van der Waals surface area contributed by atoms with Crippen molar-refractivity contribution in [2.45, 2.75) is 6.54 Å². The standard InChI is InChI=1S/C21H15BrN2O2S/c22-17-8-6-15(7-9-17)14-24-20(25)19(27-21(24)26)12-16-10-11-23(13-16)18-4-2-1-3-5-18/h1-13H,14H2/b19-12+. The van der Waals surface area contributed by atoms with Crippen molar-refractivity contribution in [3.8, 4) is 5.69 Å². The van der Waals surface area contributed by atoms with E-state index in [4.69, 9.17) is 0 Å². The average molecular weight is 439 g/mol. The van der Waals surface area contributed by atoms with Crippen LogP contribution in [-0.4, -0.2) is 20.6 Å². The molecule has 0 radical (unpaired) electrons. The van der Waals surface area contributed by atoms with Gasteiger partial charge in [-0.05, 0) is 59.3 Å². The molecular formula is C21H15BrN2O2S. The number of carbonyl (C=O) groups is 2. The fourth-order valence-electron chi connectivity index (χ4n) is 2.82. The summed E-state index contributed by atoms with van der Waals surface area (Å²) < 4.78 is 2.95. The molecular weight excluding hydrogens is 424 g/mol. The Morgan fingerprint density at radius 2 is 1.70 bits per heavy atom. The molecule has 0 bridgehead atoms. The summed E-state index contributed by atoms with van der Waals surface area (Å²) in [5.74, 6) is -0.250. The van der Waals surface area contributed by atoms with Gasteiger partial charge in [-0.3, -0.25) is 14.5 Å². The summed E-state index contributed by atoms with van der Waals surface area (Å²) in [7, 11) is 0. The fraction of sp³-hybridized carbons (Fsp3) is 0.0476. The van der Waals surface area contributed by atoms with Crippen LogP contribution in [0, 0.1) is 0 Å². The van der Waals surface area contributed by atoms with Crippen LogP contribution in [0.4, 0.5) is 4.79 Å². The molecule has 1 aliphatic rings. The zero-order chi connectivity index (χ0) is 18.8. The van der Waals surface area contributed by atoms with E-state index in [1.807, 2.05) is 77.6 Å². The van der Waals surface area contributed by atoms with Gasteiger partial charge in [0.05, 0.1) is 11.4 Å². The number of amides is 2. The SMILES string of the molecule is O=C1S/C(=C/c2ccn(-c3ccccc3)c2)C(=O)N1Cc1ccc(Br)cc1. The highest BCUT2D eigenvalue weighted by atomic mass is 79.9. The Kier molecular flexibility index (Phi) is 5.01. The lowest BCUT2D eigenvalue weighted by molar-refractivity contribution is -0.123. The molecule has 0 N–H and O–H groups in total. The number of thioether (sulfide) groups is 1. The van der Waals surface area contributed by atoms with Crippen molar-refractivity contribution in [1.29, 1.82) is 0 Å². The van der Waals surface area contributed by atoms with Gasteiger partial charge in [0.15, 0.2) is 0 Å². The molecule has 3 aromatic rings. The van der Waals surface area contributed by atoms with Crippen LogP contribution >= 0.6 is 27.7 Å². The highest BCUT2D eigenvalue weighted by Crippen LogP contribution is 2.33. The fourth-order valence-corrected chi connectivity index (χ4v) is 3.92. The molecule has 2 amide bonds. The van der Waals surface area contributed by atoms with Crippen LogP contribution in [0.15, 0.2) is 82.4 Å². The van der Waals surface area contributed by atoms with E-state index in [2.05, 4.69) is 15.9 Å². The number of carbonyl (C=O) groups excluding carboxylic acids is 2. The number of benzene rings is 2.